The minimum absolute atomic E-state index is 0.0587. The number of sulfonamides is 1. The lowest BCUT2D eigenvalue weighted by Gasteiger charge is -2.34. The molecule has 0 spiro atoms. The molecule has 26 heavy (non-hydrogen) atoms. The summed E-state index contributed by atoms with van der Waals surface area (Å²) < 4.78 is 32.8. The van der Waals surface area contributed by atoms with Crippen molar-refractivity contribution < 1.29 is 17.9 Å². The number of rotatable bonds is 3. The first-order valence-electron chi connectivity index (χ1n) is 9.06. The summed E-state index contributed by atoms with van der Waals surface area (Å²) in [6, 6.07) is 6.39. The molecule has 0 aromatic heterocycles. The maximum atomic E-state index is 12.9. The molecule has 7 nitrogen and oxygen atoms in total. The number of amides is 1. The highest BCUT2D eigenvalue weighted by molar-refractivity contribution is 7.89. The third-order valence-corrected chi connectivity index (χ3v) is 6.73. The first kappa shape index (κ1) is 19.3. The molecule has 2 aliphatic heterocycles. The molecule has 0 aliphatic carbocycles. The number of nitrogens with zero attached hydrogens (tertiary/aromatic N) is 2. The van der Waals surface area contributed by atoms with E-state index in [1.807, 2.05) is 25.7 Å². The van der Waals surface area contributed by atoms with Gasteiger partial charge in [0.2, 0.25) is 10.0 Å². The van der Waals surface area contributed by atoms with Crippen LogP contribution in [0, 0.1) is 0 Å². The summed E-state index contributed by atoms with van der Waals surface area (Å²) >= 11 is 0. The first-order valence-corrected chi connectivity index (χ1v) is 10.5. The van der Waals surface area contributed by atoms with Crippen molar-refractivity contribution >= 4 is 15.9 Å². The van der Waals surface area contributed by atoms with E-state index in [2.05, 4.69) is 5.32 Å². The number of carbonyl (C=O) groups excluding carboxylic acids is 1. The van der Waals surface area contributed by atoms with Crippen LogP contribution in [0.25, 0.3) is 0 Å². The van der Waals surface area contributed by atoms with Crippen LogP contribution in [-0.2, 0) is 14.8 Å². The van der Waals surface area contributed by atoms with Crippen molar-refractivity contribution in [1.29, 1.82) is 0 Å². The van der Waals surface area contributed by atoms with Crippen LogP contribution in [0.5, 0.6) is 0 Å². The van der Waals surface area contributed by atoms with Crippen molar-refractivity contribution in [1.82, 2.24) is 14.5 Å². The summed E-state index contributed by atoms with van der Waals surface area (Å²) in [5.74, 6) is -0.0587. The third-order valence-electron chi connectivity index (χ3n) is 4.89. The normalized spacial score (nSPS) is 28.1. The smallest absolute Gasteiger partial charge is 0.254 e. The van der Waals surface area contributed by atoms with Crippen LogP contribution in [0.15, 0.2) is 29.2 Å². The molecule has 2 aliphatic rings. The Balaban J connectivity index is 1.77. The SMILES string of the molecule is CC1CN(S(=O)(=O)c2ccc(C(=O)N3CCNC[C@@H]3C)cc2)CC(C)O1. The van der Waals surface area contributed by atoms with Gasteiger partial charge in [0.1, 0.15) is 0 Å². The van der Waals surface area contributed by atoms with E-state index in [1.54, 1.807) is 12.1 Å². The molecule has 1 aromatic carbocycles. The average molecular weight is 381 g/mol. The van der Waals surface area contributed by atoms with Crippen LogP contribution >= 0.6 is 0 Å². The Hall–Kier alpha value is -1.48. The standard InChI is InChI=1S/C18H27N3O4S/c1-13-10-19-8-9-21(13)18(22)16-4-6-17(7-5-16)26(23,24)20-11-14(2)25-15(3)12-20/h4-7,13-15,19H,8-12H2,1-3H3/t13-,14?,15?/m0/s1. The molecule has 0 radical (unpaired) electrons. The van der Waals surface area contributed by atoms with E-state index in [-0.39, 0.29) is 29.1 Å². The van der Waals surface area contributed by atoms with Crippen LogP contribution in [0.3, 0.4) is 0 Å². The second kappa shape index (κ2) is 7.64. The monoisotopic (exact) mass is 381 g/mol. The van der Waals surface area contributed by atoms with Gasteiger partial charge in [0.15, 0.2) is 0 Å². The van der Waals surface area contributed by atoms with Crippen LogP contribution in [0.2, 0.25) is 0 Å². The molecule has 2 heterocycles. The Morgan fingerprint density at radius 3 is 2.31 bits per heavy atom. The second-order valence-electron chi connectivity index (χ2n) is 7.16. The van der Waals surface area contributed by atoms with Crippen molar-refractivity contribution in [3.8, 4) is 0 Å². The quantitative estimate of drug-likeness (QED) is 0.842. The first-order chi connectivity index (χ1) is 12.3. The van der Waals surface area contributed by atoms with E-state index in [1.165, 1.54) is 16.4 Å². The molecule has 3 rings (SSSR count). The van der Waals surface area contributed by atoms with Crippen LogP contribution in [0.4, 0.5) is 0 Å². The maximum Gasteiger partial charge on any atom is 0.254 e. The lowest BCUT2D eigenvalue weighted by molar-refractivity contribution is -0.0440. The molecule has 8 heteroatoms. The third kappa shape index (κ3) is 3.93. The zero-order chi connectivity index (χ0) is 18.9. The lowest BCUT2D eigenvalue weighted by Crippen LogP contribution is -2.52. The number of morpholine rings is 1. The van der Waals surface area contributed by atoms with Gasteiger partial charge in [-0.1, -0.05) is 0 Å². The number of carbonyl (C=O) groups is 1. The zero-order valence-corrected chi connectivity index (χ0v) is 16.3. The highest BCUT2D eigenvalue weighted by Gasteiger charge is 2.32. The Morgan fingerprint density at radius 1 is 1.12 bits per heavy atom. The minimum Gasteiger partial charge on any atom is -0.373 e. The number of hydrogen-bond acceptors (Lipinski definition) is 5. The fourth-order valence-electron chi connectivity index (χ4n) is 3.55. The van der Waals surface area contributed by atoms with Gasteiger partial charge in [-0.3, -0.25) is 4.79 Å². The predicted molar refractivity (Wildman–Crippen MR) is 98.6 cm³/mol. The average Bonchev–Trinajstić information content (AvgIpc) is 2.61. The fourth-order valence-corrected chi connectivity index (χ4v) is 5.14. The molecule has 0 bridgehead atoms. The number of hydrogen-bond donors (Lipinski definition) is 1. The topological polar surface area (TPSA) is 79.0 Å². The fraction of sp³-hybridized carbons (Fsp3) is 0.611. The van der Waals surface area contributed by atoms with Gasteiger partial charge in [0.25, 0.3) is 5.91 Å². The van der Waals surface area contributed by atoms with E-state index in [9.17, 15) is 13.2 Å². The summed E-state index contributed by atoms with van der Waals surface area (Å²) in [6.07, 6.45) is -0.271. The van der Waals surface area contributed by atoms with Gasteiger partial charge in [-0.2, -0.15) is 4.31 Å². The summed E-state index contributed by atoms with van der Waals surface area (Å²) in [6.45, 7) is 8.62. The molecule has 0 saturated carbocycles. The van der Waals surface area contributed by atoms with E-state index in [0.29, 0.717) is 25.2 Å². The van der Waals surface area contributed by atoms with Crippen LogP contribution < -0.4 is 5.32 Å². The van der Waals surface area contributed by atoms with Crippen molar-refractivity contribution in [2.24, 2.45) is 0 Å². The van der Waals surface area contributed by atoms with Crippen molar-refractivity contribution in [2.45, 2.75) is 43.9 Å². The van der Waals surface area contributed by atoms with Crippen molar-refractivity contribution in [2.75, 3.05) is 32.7 Å². The summed E-state index contributed by atoms with van der Waals surface area (Å²) in [5, 5.41) is 3.25. The van der Waals surface area contributed by atoms with Gasteiger partial charge >= 0.3 is 0 Å². The zero-order valence-electron chi connectivity index (χ0n) is 15.5. The summed E-state index contributed by atoms with van der Waals surface area (Å²) in [4.78, 5) is 14.7. The van der Waals surface area contributed by atoms with Gasteiger partial charge in [0, 0.05) is 44.3 Å². The highest BCUT2D eigenvalue weighted by atomic mass is 32.2. The van der Waals surface area contributed by atoms with Crippen LogP contribution in [-0.4, -0.2) is 74.5 Å². The van der Waals surface area contributed by atoms with Crippen molar-refractivity contribution in [3.05, 3.63) is 29.8 Å². The summed E-state index contributed by atoms with van der Waals surface area (Å²) in [7, 11) is -3.59. The maximum absolute atomic E-state index is 12.9. The van der Waals surface area contributed by atoms with Gasteiger partial charge in [0.05, 0.1) is 17.1 Å². The van der Waals surface area contributed by atoms with Gasteiger partial charge in [-0.25, -0.2) is 8.42 Å². The molecule has 2 unspecified atom stereocenters. The molecule has 1 amide bonds. The number of nitrogens with one attached hydrogen (secondary N) is 1. The Bertz CT molecular complexity index is 740. The second-order valence-corrected chi connectivity index (χ2v) is 9.09. The Morgan fingerprint density at radius 2 is 1.73 bits per heavy atom. The molecule has 1 N–H and O–H groups in total. The van der Waals surface area contributed by atoms with E-state index >= 15 is 0 Å². The molecule has 144 valence electrons. The van der Waals surface area contributed by atoms with E-state index in [0.717, 1.165) is 13.1 Å². The lowest BCUT2D eigenvalue weighted by atomic mass is 10.1. The Labute approximate surface area is 155 Å². The molecule has 3 atom stereocenters. The highest BCUT2D eigenvalue weighted by Crippen LogP contribution is 2.22. The molecule has 1 aromatic rings. The number of benzene rings is 1. The van der Waals surface area contributed by atoms with Crippen LogP contribution in [0.1, 0.15) is 31.1 Å². The molecule has 2 fully saturated rings. The van der Waals surface area contributed by atoms with Gasteiger partial charge in [-0.15, -0.1) is 0 Å². The molecular formula is C18H27N3O4S. The minimum atomic E-state index is -3.59. The van der Waals surface area contributed by atoms with Gasteiger partial charge in [-0.05, 0) is 45.0 Å². The largest absolute Gasteiger partial charge is 0.373 e. The van der Waals surface area contributed by atoms with E-state index < -0.39 is 10.0 Å². The van der Waals surface area contributed by atoms with Gasteiger partial charge < -0.3 is 15.0 Å². The number of piperazine rings is 1. The van der Waals surface area contributed by atoms with E-state index in [4.69, 9.17) is 4.74 Å². The number of ether oxygens (including phenoxy) is 1. The predicted octanol–water partition coefficient (Wildman–Crippen LogP) is 0.918. The molecule has 2 saturated heterocycles. The van der Waals surface area contributed by atoms with Crippen molar-refractivity contribution in [3.63, 3.8) is 0 Å². The Kier molecular flexibility index (Phi) is 5.67. The molecular weight excluding hydrogens is 354 g/mol. The summed E-state index contributed by atoms with van der Waals surface area (Å²) in [5.41, 5.74) is 0.515.